The molecule has 0 unspecified atom stereocenters. The normalized spacial score (nSPS) is 14.8. The molecule has 1 amide bonds. The van der Waals surface area contributed by atoms with Gasteiger partial charge in [0.05, 0.1) is 4.90 Å². The van der Waals surface area contributed by atoms with E-state index >= 15 is 0 Å². The number of benzene rings is 1. The van der Waals surface area contributed by atoms with Crippen LogP contribution in [0.25, 0.3) is 0 Å². The molecule has 2 aromatic rings. The zero-order valence-electron chi connectivity index (χ0n) is 12.4. The van der Waals surface area contributed by atoms with E-state index in [4.69, 9.17) is 9.66 Å². The summed E-state index contributed by atoms with van der Waals surface area (Å²) in [5, 5.41) is 11.6. The molecule has 0 atom stereocenters. The van der Waals surface area contributed by atoms with Gasteiger partial charge in [-0.3, -0.25) is 4.79 Å². The number of aryl methyl sites for hydroxylation is 1. The number of nitrogens with one attached hydrogen (secondary N) is 1. The Bertz CT molecular complexity index is 825. The smallest absolute Gasteiger partial charge is 0.278 e. The van der Waals surface area contributed by atoms with Gasteiger partial charge in [0.15, 0.2) is 5.69 Å². The number of aromatic nitrogens is 1. The highest BCUT2D eigenvalue weighted by Gasteiger charge is 2.23. The molecule has 0 saturated heterocycles. The summed E-state index contributed by atoms with van der Waals surface area (Å²) < 4.78 is 27.7. The summed E-state index contributed by atoms with van der Waals surface area (Å²) in [6, 6.07) is 5.65. The standard InChI is InChI=1S/C15H17N3O4S/c16-23(20,21)11-8-6-10(7-9-11)17-15(19)14-12-4-2-1-3-5-13(12)22-18-14/h6-9H,1-5H2,(H,17,19)(H2,16,20,21). The summed E-state index contributed by atoms with van der Waals surface area (Å²) in [5.74, 6) is 0.428. The van der Waals surface area contributed by atoms with Gasteiger partial charge in [-0.25, -0.2) is 13.6 Å². The van der Waals surface area contributed by atoms with Crippen molar-refractivity contribution in [2.75, 3.05) is 5.32 Å². The first-order valence-corrected chi connectivity index (χ1v) is 8.91. The third kappa shape index (κ3) is 3.43. The highest BCUT2D eigenvalue weighted by atomic mass is 32.2. The van der Waals surface area contributed by atoms with Gasteiger partial charge in [0.1, 0.15) is 5.76 Å². The molecule has 0 bridgehead atoms. The number of fused-ring (bicyclic) bond motifs is 1. The fourth-order valence-corrected chi connectivity index (χ4v) is 3.17. The maximum atomic E-state index is 12.4. The van der Waals surface area contributed by atoms with Crippen LogP contribution in [0.5, 0.6) is 0 Å². The zero-order chi connectivity index (χ0) is 16.4. The van der Waals surface area contributed by atoms with E-state index in [0.29, 0.717) is 11.4 Å². The average molecular weight is 335 g/mol. The van der Waals surface area contributed by atoms with E-state index in [1.807, 2.05) is 0 Å². The molecule has 7 nitrogen and oxygen atoms in total. The quantitative estimate of drug-likeness (QED) is 0.830. The lowest BCUT2D eigenvalue weighted by Gasteiger charge is -2.05. The van der Waals surface area contributed by atoms with Crippen molar-refractivity contribution in [3.05, 3.63) is 41.3 Å². The molecule has 0 spiro atoms. The van der Waals surface area contributed by atoms with Crippen LogP contribution in [0.3, 0.4) is 0 Å². The van der Waals surface area contributed by atoms with Crippen LogP contribution in [-0.2, 0) is 22.9 Å². The molecular weight excluding hydrogens is 318 g/mol. The number of hydrogen-bond acceptors (Lipinski definition) is 5. The minimum Gasteiger partial charge on any atom is -0.360 e. The van der Waals surface area contributed by atoms with E-state index in [2.05, 4.69) is 10.5 Å². The Kier molecular flexibility index (Phi) is 4.18. The molecule has 122 valence electrons. The molecule has 1 aliphatic rings. The number of amides is 1. The summed E-state index contributed by atoms with van der Waals surface area (Å²) >= 11 is 0. The highest BCUT2D eigenvalue weighted by Crippen LogP contribution is 2.24. The van der Waals surface area contributed by atoms with Gasteiger partial charge in [0.2, 0.25) is 10.0 Å². The van der Waals surface area contributed by atoms with E-state index < -0.39 is 10.0 Å². The lowest BCUT2D eigenvalue weighted by molar-refractivity contribution is 0.101. The Hall–Kier alpha value is -2.19. The largest absolute Gasteiger partial charge is 0.360 e. The molecule has 1 aromatic heterocycles. The number of carbonyl (C=O) groups excluding carboxylic acids is 1. The molecule has 0 fully saturated rings. The molecule has 0 saturated carbocycles. The third-order valence-corrected chi connectivity index (χ3v) is 4.79. The van der Waals surface area contributed by atoms with Crippen LogP contribution in [0.1, 0.15) is 41.1 Å². The van der Waals surface area contributed by atoms with Crippen molar-refractivity contribution in [1.29, 1.82) is 0 Å². The van der Waals surface area contributed by atoms with Crippen molar-refractivity contribution in [1.82, 2.24) is 5.16 Å². The summed E-state index contributed by atoms with van der Waals surface area (Å²) in [5.41, 5.74) is 1.64. The number of sulfonamides is 1. The summed E-state index contributed by atoms with van der Waals surface area (Å²) in [6.45, 7) is 0. The number of anilines is 1. The van der Waals surface area contributed by atoms with Gasteiger partial charge in [0, 0.05) is 17.7 Å². The van der Waals surface area contributed by atoms with Gasteiger partial charge in [-0.05, 0) is 43.5 Å². The zero-order valence-corrected chi connectivity index (χ0v) is 13.2. The summed E-state index contributed by atoms with van der Waals surface area (Å²) in [7, 11) is -3.75. The number of nitrogens with zero attached hydrogens (tertiary/aromatic N) is 1. The second-order valence-corrected chi connectivity index (χ2v) is 7.08. The molecule has 1 aromatic carbocycles. The van der Waals surface area contributed by atoms with Crippen LogP contribution in [-0.4, -0.2) is 19.5 Å². The molecule has 1 aliphatic carbocycles. The SMILES string of the molecule is NS(=O)(=O)c1ccc(NC(=O)c2noc3c2CCCCC3)cc1. The first-order chi connectivity index (χ1) is 10.9. The van der Waals surface area contributed by atoms with Crippen molar-refractivity contribution in [2.45, 2.75) is 37.0 Å². The Morgan fingerprint density at radius 3 is 2.52 bits per heavy atom. The topological polar surface area (TPSA) is 115 Å². The second-order valence-electron chi connectivity index (χ2n) is 5.52. The molecular formula is C15H17N3O4S. The first-order valence-electron chi connectivity index (χ1n) is 7.37. The number of hydrogen-bond donors (Lipinski definition) is 2. The Balaban J connectivity index is 1.78. The molecule has 8 heteroatoms. The van der Waals surface area contributed by atoms with Gasteiger partial charge in [-0.2, -0.15) is 0 Å². The fraction of sp³-hybridized carbons (Fsp3) is 0.333. The van der Waals surface area contributed by atoms with Gasteiger partial charge in [-0.1, -0.05) is 11.6 Å². The van der Waals surface area contributed by atoms with Crippen molar-refractivity contribution >= 4 is 21.6 Å². The maximum Gasteiger partial charge on any atom is 0.278 e. The molecule has 23 heavy (non-hydrogen) atoms. The molecule has 3 N–H and O–H groups in total. The number of nitrogens with two attached hydrogens (primary N) is 1. The lowest BCUT2D eigenvalue weighted by atomic mass is 10.1. The predicted molar refractivity (Wildman–Crippen MR) is 83.5 cm³/mol. The molecule has 1 heterocycles. The van der Waals surface area contributed by atoms with Crippen LogP contribution < -0.4 is 10.5 Å². The minimum absolute atomic E-state index is 0.00852. The maximum absolute atomic E-state index is 12.4. The summed E-state index contributed by atoms with van der Waals surface area (Å²) in [6.07, 6.45) is 4.75. The van der Waals surface area contributed by atoms with Gasteiger partial charge >= 0.3 is 0 Å². The Labute approximate surface area is 133 Å². The summed E-state index contributed by atoms with van der Waals surface area (Å²) in [4.78, 5) is 12.4. The van der Waals surface area contributed by atoms with E-state index in [0.717, 1.165) is 43.4 Å². The van der Waals surface area contributed by atoms with Crippen LogP contribution in [0.4, 0.5) is 5.69 Å². The van der Waals surface area contributed by atoms with E-state index in [1.54, 1.807) is 0 Å². The van der Waals surface area contributed by atoms with Gasteiger partial charge < -0.3 is 9.84 Å². The Morgan fingerprint density at radius 2 is 1.83 bits per heavy atom. The molecule has 0 radical (unpaired) electrons. The number of rotatable bonds is 3. The van der Waals surface area contributed by atoms with E-state index in [9.17, 15) is 13.2 Å². The van der Waals surface area contributed by atoms with E-state index in [-0.39, 0.29) is 10.8 Å². The molecule has 3 rings (SSSR count). The van der Waals surface area contributed by atoms with Crippen LogP contribution in [0, 0.1) is 0 Å². The van der Waals surface area contributed by atoms with Crippen LogP contribution >= 0.6 is 0 Å². The minimum atomic E-state index is -3.75. The van der Waals surface area contributed by atoms with Crippen molar-refractivity contribution in [3.63, 3.8) is 0 Å². The molecule has 0 aliphatic heterocycles. The van der Waals surface area contributed by atoms with Crippen LogP contribution in [0.15, 0.2) is 33.7 Å². The first kappa shape index (κ1) is 15.7. The fourth-order valence-electron chi connectivity index (χ4n) is 2.66. The second kappa shape index (κ2) is 6.13. The van der Waals surface area contributed by atoms with Crippen molar-refractivity contribution < 1.29 is 17.7 Å². The van der Waals surface area contributed by atoms with Crippen LogP contribution in [0.2, 0.25) is 0 Å². The third-order valence-electron chi connectivity index (χ3n) is 3.86. The van der Waals surface area contributed by atoms with Gasteiger partial charge in [0.25, 0.3) is 5.91 Å². The monoisotopic (exact) mass is 335 g/mol. The number of carbonyl (C=O) groups is 1. The highest BCUT2D eigenvalue weighted by molar-refractivity contribution is 7.89. The Morgan fingerprint density at radius 1 is 1.13 bits per heavy atom. The van der Waals surface area contributed by atoms with Crippen molar-refractivity contribution in [3.8, 4) is 0 Å². The number of primary sulfonamides is 1. The lowest BCUT2D eigenvalue weighted by Crippen LogP contribution is -2.15. The van der Waals surface area contributed by atoms with Gasteiger partial charge in [-0.15, -0.1) is 0 Å². The average Bonchev–Trinajstić information content (AvgIpc) is 2.76. The predicted octanol–water partition coefficient (Wildman–Crippen LogP) is 1.84. The van der Waals surface area contributed by atoms with E-state index in [1.165, 1.54) is 24.3 Å². The van der Waals surface area contributed by atoms with Crippen molar-refractivity contribution in [2.24, 2.45) is 5.14 Å².